The average molecular weight is 383 g/mol. The Kier molecular flexibility index (Phi) is 6.57. The van der Waals surface area contributed by atoms with Crippen molar-refractivity contribution in [2.24, 2.45) is 0 Å². The number of para-hydroxylation sites is 1. The fourth-order valence-electron chi connectivity index (χ4n) is 3.79. The molecule has 3 rings (SSSR count). The molecule has 1 unspecified atom stereocenters. The number of carbonyl (C=O) groups excluding carboxylic acids is 1. The highest BCUT2D eigenvalue weighted by atomic mass is 16.5. The van der Waals surface area contributed by atoms with E-state index in [1.54, 1.807) is 7.11 Å². The molecule has 5 heteroatoms. The molecule has 0 saturated heterocycles. The number of amides is 1. The summed E-state index contributed by atoms with van der Waals surface area (Å²) in [6, 6.07) is 14.0. The maximum Gasteiger partial charge on any atom is 0.265 e. The summed E-state index contributed by atoms with van der Waals surface area (Å²) in [5, 5.41) is 0. The van der Waals surface area contributed by atoms with Gasteiger partial charge >= 0.3 is 0 Å². The zero-order chi connectivity index (χ0) is 20.1. The fraction of sp³-hybridized carbons (Fsp3) is 0.435. The van der Waals surface area contributed by atoms with Gasteiger partial charge in [-0.2, -0.15) is 0 Å². The van der Waals surface area contributed by atoms with Crippen LogP contribution in [0.5, 0.6) is 11.5 Å². The van der Waals surface area contributed by atoms with Crippen molar-refractivity contribution in [1.29, 1.82) is 0 Å². The summed E-state index contributed by atoms with van der Waals surface area (Å²) >= 11 is 0. The van der Waals surface area contributed by atoms with Crippen LogP contribution in [0.3, 0.4) is 0 Å². The molecule has 2 aromatic carbocycles. The van der Waals surface area contributed by atoms with Gasteiger partial charge in [0.25, 0.3) is 5.91 Å². The third-order valence-electron chi connectivity index (χ3n) is 5.38. The summed E-state index contributed by atoms with van der Waals surface area (Å²) in [6.07, 6.45) is 0.887. The smallest absolute Gasteiger partial charge is 0.265 e. The number of anilines is 1. The quantitative estimate of drug-likeness (QED) is 0.695. The van der Waals surface area contributed by atoms with E-state index in [2.05, 4.69) is 31.7 Å². The molecular formula is C23H30N2O3. The zero-order valence-electron chi connectivity index (χ0n) is 17.3. The molecule has 1 atom stereocenters. The van der Waals surface area contributed by atoms with Crippen LogP contribution in [0.4, 0.5) is 5.69 Å². The van der Waals surface area contributed by atoms with Crippen LogP contribution in [0.25, 0.3) is 0 Å². The normalized spacial score (nSPS) is 15.6. The highest BCUT2D eigenvalue weighted by Crippen LogP contribution is 2.32. The van der Waals surface area contributed by atoms with E-state index in [-0.39, 0.29) is 18.6 Å². The van der Waals surface area contributed by atoms with E-state index in [1.807, 2.05) is 41.3 Å². The van der Waals surface area contributed by atoms with Crippen LogP contribution in [0.1, 0.15) is 31.9 Å². The predicted molar refractivity (Wildman–Crippen MR) is 112 cm³/mol. The molecule has 0 bridgehead atoms. The van der Waals surface area contributed by atoms with E-state index >= 15 is 0 Å². The molecule has 0 aliphatic carbocycles. The van der Waals surface area contributed by atoms with Crippen molar-refractivity contribution in [3.8, 4) is 11.5 Å². The summed E-state index contributed by atoms with van der Waals surface area (Å²) in [7, 11) is 1.66. The second kappa shape index (κ2) is 9.11. The summed E-state index contributed by atoms with van der Waals surface area (Å²) in [5.41, 5.74) is 3.25. The third kappa shape index (κ3) is 4.30. The molecule has 1 aliphatic rings. The van der Waals surface area contributed by atoms with Crippen LogP contribution in [0, 0.1) is 0 Å². The van der Waals surface area contributed by atoms with Crippen molar-refractivity contribution < 1.29 is 14.3 Å². The van der Waals surface area contributed by atoms with Crippen LogP contribution in [-0.4, -0.2) is 43.7 Å². The van der Waals surface area contributed by atoms with E-state index in [0.29, 0.717) is 0 Å². The minimum Gasteiger partial charge on any atom is -0.497 e. The van der Waals surface area contributed by atoms with E-state index in [4.69, 9.17) is 9.47 Å². The first-order valence-electron chi connectivity index (χ1n) is 9.99. The van der Waals surface area contributed by atoms with E-state index in [9.17, 15) is 4.79 Å². The molecule has 0 aromatic heterocycles. The molecule has 5 nitrogen and oxygen atoms in total. The van der Waals surface area contributed by atoms with E-state index in [0.717, 1.165) is 48.8 Å². The number of ether oxygens (including phenoxy) is 2. The molecule has 0 fully saturated rings. The fourth-order valence-corrected chi connectivity index (χ4v) is 3.79. The summed E-state index contributed by atoms with van der Waals surface area (Å²) in [6.45, 7) is 9.05. The van der Waals surface area contributed by atoms with E-state index < -0.39 is 0 Å². The van der Waals surface area contributed by atoms with Gasteiger partial charge in [-0.3, -0.25) is 9.69 Å². The Morgan fingerprint density at radius 1 is 1.18 bits per heavy atom. The molecule has 28 heavy (non-hydrogen) atoms. The van der Waals surface area contributed by atoms with Crippen molar-refractivity contribution in [2.45, 2.75) is 39.8 Å². The molecule has 1 aliphatic heterocycles. The maximum atomic E-state index is 12.9. The summed E-state index contributed by atoms with van der Waals surface area (Å²) < 4.78 is 11.4. The minimum absolute atomic E-state index is 0.0120. The second-order valence-electron chi connectivity index (χ2n) is 7.17. The Bertz CT molecular complexity index is 817. The van der Waals surface area contributed by atoms with Crippen LogP contribution < -0.4 is 14.4 Å². The molecule has 1 heterocycles. The monoisotopic (exact) mass is 382 g/mol. The Morgan fingerprint density at radius 3 is 2.64 bits per heavy atom. The Balaban J connectivity index is 1.74. The van der Waals surface area contributed by atoms with Gasteiger partial charge in [0, 0.05) is 23.8 Å². The molecular weight excluding hydrogens is 352 g/mol. The topological polar surface area (TPSA) is 42.0 Å². The Labute approximate surface area is 167 Å². The Hall–Kier alpha value is -2.53. The second-order valence-corrected chi connectivity index (χ2v) is 7.17. The van der Waals surface area contributed by atoms with Gasteiger partial charge in [0.2, 0.25) is 0 Å². The van der Waals surface area contributed by atoms with Gasteiger partial charge in [-0.15, -0.1) is 0 Å². The van der Waals surface area contributed by atoms with E-state index in [1.165, 1.54) is 5.56 Å². The average Bonchev–Trinajstić information content (AvgIpc) is 3.06. The number of hydrogen-bond acceptors (Lipinski definition) is 4. The van der Waals surface area contributed by atoms with Crippen molar-refractivity contribution >= 4 is 11.6 Å². The summed E-state index contributed by atoms with van der Waals surface area (Å²) in [5.74, 6) is 1.52. The first-order chi connectivity index (χ1) is 13.6. The highest BCUT2D eigenvalue weighted by Gasteiger charge is 2.30. The first kappa shape index (κ1) is 20.2. The van der Waals surface area contributed by atoms with Crippen molar-refractivity contribution in [1.82, 2.24) is 4.90 Å². The lowest BCUT2D eigenvalue weighted by atomic mass is 10.1. The third-order valence-corrected chi connectivity index (χ3v) is 5.38. The SMILES string of the molecule is CCN(CC)Cc1cc(OC)ccc1OCC(=O)N1c2ccccc2CC1C. The Morgan fingerprint density at radius 2 is 1.93 bits per heavy atom. The first-order valence-corrected chi connectivity index (χ1v) is 9.99. The predicted octanol–water partition coefficient (Wildman–Crippen LogP) is 3.89. The van der Waals surface area contributed by atoms with Crippen LogP contribution >= 0.6 is 0 Å². The van der Waals surface area contributed by atoms with Gasteiger partial charge in [0.05, 0.1) is 7.11 Å². The van der Waals surface area contributed by atoms with Crippen molar-refractivity contribution in [3.63, 3.8) is 0 Å². The lowest BCUT2D eigenvalue weighted by Crippen LogP contribution is -2.39. The maximum absolute atomic E-state index is 12.9. The summed E-state index contributed by atoms with van der Waals surface area (Å²) in [4.78, 5) is 17.1. The van der Waals surface area contributed by atoms with Crippen molar-refractivity contribution in [2.75, 3.05) is 31.7 Å². The van der Waals surface area contributed by atoms with Crippen LogP contribution in [0.15, 0.2) is 42.5 Å². The number of rotatable bonds is 8. The molecule has 2 aromatic rings. The standard InChI is InChI=1S/C23H30N2O3/c1-5-24(6-2)15-19-14-20(27-4)11-12-22(19)28-16-23(26)25-17(3)13-18-9-7-8-10-21(18)25/h7-12,14,17H,5-6,13,15-16H2,1-4H3. The molecule has 0 spiro atoms. The lowest BCUT2D eigenvalue weighted by molar-refractivity contribution is -0.120. The van der Waals surface area contributed by atoms with Gasteiger partial charge in [-0.25, -0.2) is 0 Å². The van der Waals surface area contributed by atoms with Gasteiger partial charge in [-0.05, 0) is 56.3 Å². The van der Waals surface area contributed by atoms with Crippen LogP contribution in [-0.2, 0) is 17.8 Å². The molecule has 0 N–H and O–H groups in total. The van der Waals surface area contributed by atoms with Gasteiger partial charge in [0.1, 0.15) is 11.5 Å². The van der Waals surface area contributed by atoms with Gasteiger partial charge < -0.3 is 14.4 Å². The number of carbonyl (C=O) groups is 1. The molecule has 0 radical (unpaired) electrons. The largest absolute Gasteiger partial charge is 0.497 e. The number of fused-ring (bicyclic) bond motifs is 1. The number of methoxy groups -OCH3 is 1. The van der Waals surface area contributed by atoms with Crippen LogP contribution in [0.2, 0.25) is 0 Å². The van der Waals surface area contributed by atoms with Gasteiger partial charge in [-0.1, -0.05) is 32.0 Å². The molecule has 150 valence electrons. The zero-order valence-corrected chi connectivity index (χ0v) is 17.3. The van der Waals surface area contributed by atoms with Gasteiger partial charge in [0.15, 0.2) is 6.61 Å². The number of hydrogen-bond donors (Lipinski definition) is 0. The minimum atomic E-state index is -0.0120. The van der Waals surface area contributed by atoms with Crippen molar-refractivity contribution in [3.05, 3.63) is 53.6 Å². The number of nitrogens with zero attached hydrogens (tertiary/aromatic N) is 2. The molecule has 1 amide bonds. The highest BCUT2D eigenvalue weighted by molar-refractivity contribution is 5.97. The number of benzene rings is 2. The molecule has 0 saturated carbocycles. The lowest BCUT2D eigenvalue weighted by Gasteiger charge is -2.24.